The number of hydrogen-bond acceptors (Lipinski definition) is 5. The Morgan fingerprint density at radius 2 is 1.61 bits per heavy atom. The fourth-order valence-electron chi connectivity index (χ4n) is 3.60. The van der Waals surface area contributed by atoms with E-state index >= 15 is 0 Å². The molecule has 4 nitrogen and oxygen atoms in total. The lowest BCUT2D eigenvalue weighted by molar-refractivity contribution is -0.254. The fraction of sp³-hybridized carbons (Fsp3) is 0.130. The molecule has 2 heterocycles. The Labute approximate surface area is 179 Å². The second kappa shape index (κ2) is 7.18. The SMILES string of the molecule is O[C@@]1(C(F)(F)F)CC(c2ccc3ccccc3c2)=NN1c1nc(-c2ccccc2)cs1. The van der Waals surface area contributed by atoms with E-state index in [0.29, 0.717) is 16.3 Å². The summed E-state index contributed by atoms with van der Waals surface area (Å²) in [5.41, 5.74) is -1.18. The predicted molar refractivity (Wildman–Crippen MR) is 116 cm³/mol. The van der Waals surface area contributed by atoms with Crippen LogP contribution in [-0.4, -0.2) is 27.7 Å². The quantitative estimate of drug-likeness (QED) is 0.437. The molecule has 0 saturated carbocycles. The standard InChI is InChI=1S/C23H16F3N3OS/c24-23(25,26)22(30)13-19(18-11-10-15-6-4-5-9-17(15)12-18)28-29(22)21-27-20(14-31-21)16-7-2-1-3-8-16/h1-12,14,30H,13H2/t22-/m1/s1. The van der Waals surface area contributed by atoms with Crippen molar-refractivity contribution >= 4 is 33.0 Å². The number of aliphatic hydroxyl groups is 1. The molecule has 0 saturated heterocycles. The monoisotopic (exact) mass is 439 g/mol. The van der Waals surface area contributed by atoms with Crippen LogP contribution < -0.4 is 5.01 Å². The number of rotatable bonds is 3. The van der Waals surface area contributed by atoms with Crippen LogP contribution >= 0.6 is 11.3 Å². The minimum absolute atomic E-state index is 0.0190. The van der Waals surface area contributed by atoms with Crippen molar-refractivity contribution in [1.29, 1.82) is 0 Å². The smallest absolute Gasteiger partial charge is 0.362 e. The number of anilines is 1. The highest BCUT2D eigenvalue weighted by Gasteiger charge is 2.62. The minimum atomic E-state index is -4.92. The van der Waals surface area contributed by atoms with Crippen molar-refractivity contribution < 1.29 is 18.3 Å². The molecule has 1 atom stereocenters. The lowest BCUT2D eigenvalue weighted by atomic mass is 9.98. The summed E-state index contributed by atoms with van der Waals surface area (Å²) >= 11 is 1.01. The zero-order valence-corrected chi connectivity index (χ0v) is 16.9. The molecule has 3 aromatic carbocycles. The Morgan fingerprint density at radius 3 is 2.35 bits per heavy atom. The molecule has 0 amide bonds. The molecule has 0 bridgehead atoms. The van der Waals surface area contributed by atoms with E-state index < -0.39 is 18.3 Å². The van der Waals surface area contributed by atoms with Crippen molar-refractivity contribution in [2.75, 3.05) is 5.01 Å². The number of benzene rings is 3. The number of alkyl halides is 3. The lowest BCUT2D eigenvalue weighted by Gasteiger charge is -2.32. The average molecular weight is 439 g/mol. The van der Waals surface area contributed by atoms with Gasteiger partial charge in [-0.15, -0.1) is 11.3 Å². The number of thiazole rings is 1. The van der Waals surface area contributed by atoms with Crippen LogP contribution in [0.25, 0.3) is 22.0 Å². The first-order valence-electron chi connectivity index (χ1n) is 9.52. The van der Waals surface area contributed by atoms with Gasteiger partial charge in [-0.2, -0.15) is 23.3 Å². The Balaban J connectivity index is 1.57. The van der Waals surface area contributed by atoms with Crippen LogP contribution in [0.3, 0.4) is 0 Å². The Morgan fingerprint density at radius 1 is 0.903 bits per heavy atom. The van der Waals surface area contributed by atoms with E-state index in [1.807, 2.05) is 60.7 Å². The van der Waals surface area contributed by atoms with Crippen LogP contribution in [0.5, 0.6) is 0 Å². The summed E-state index contributed by atoms with van der Waals surface area (Å²) in [6.07, 6.45) is -5.61. The number of hydrazone groups is 1. The molecular formula is C23H16F3N3OS. The van der Waals surface area contributed by atoms with Crippen molar-refractivity contribution in [3.8, 4) is 11.3 Å². The minimum Gasteiger partial charge on any atom is -0.362 e. The summed E-state index contributed by atoms with van der Waals surface area (Å²) in [6.45, 7) is 0. The van der Waals surface area contributed by atoms with E-state index in [0.717, 1.165) is 27.7 Å². The van der Waals surface area contributed by atoms with Crippen LogP contribution in [0.15, 0.2) is 83.3 Å². The molecule has 0 aliphatic carbocycles. The summed E-state index contributed by atoms with van der Waals surface area (Å²) in [7, 11) is 0. The number of halogens is 3. The second-order valence-corrected chi connectivity index (χ2v) is 8.13. The predicted octanol–water partition coefficient (Wildman–Crippen LogP) is 5.83. The van der Waals surface area contributed by atoms with Crippen molar-refractivity contribution in [2.45, 2.75) is 18.3 Å². The second-order valence-electron chi connectivity index (χ2n) is 7.29. The third kappa shape index (κ3) is 3.37. The summed E-state index contributed by atoms with van der Waals surface area (Å²) in [5.74, 6) is 0. The van der Waals surface area contributed by atoms with Gasteiger partial charge in [0.2, 0.25) is 5.13 Å². The number of aromatic nitrogens is 1. The van der Waals surface area contributed by atoms with Crippen molar-refractivity contribution in [2.24, 2.45) is 5.10 Å². The molecule has 1 aromatic heterocycles. The van der Waals surface area contributed by atoms with Gasteiger partial charge in [-0.05, 0) is 22.4 Å². The van der Waals surface area contributed by atoms with Gasteiger partial charge in [-0.3, -0.25) is 0 Å². The van der Waals surface area contributed by atoms with Gasteiger partial charge in [0.05, 0.1) is 17.8 Å². The van der Waals surface area contributed by atoms with Crippen LogP contribution in [0, 0.1) is 0 Å². The number of hydrogen-bond donors (Lipinski definition) is 1. The molecule has 8 heteroatoms. The first kappa shape index (κ1) is 19.7. The summed E-state index contributed by atoms with van der Waals surface area (Å²) < 4.78 is 41.9. The molecular weight excluding hydrogens is 423 g/mol. The summed E-state index contributed by atoms with van der Waals surface area (Å²) in [6, 6.07) is 22.0. The zero-order chi connectivity index (χ0) is 21.6. The third-order valence-electron chi connectivity index (χ3n) is 5.26. The first-order chi connectivity index (χ1) is 14.8. The Hall–Kier alpha value is -3.23. The first-order valence-corrected chi connectivity index (χ1v) is 10.4. The molecule has 0 spiro atoms. The fourth-order valence-corrected chi connectivity index (χ4v) is 4.45. The topological polar surface area (TPSA) is 48.7 Å². The van der Waals surface area contributed by atoms with Crippen LogP contribution in [0.1, 0.15) is 12.0 Å². The molecule has 156 valence electrons. The molecule has 5 rings (SSSR count). The highest BCUT2D eigenvalue weighted by atomic mass is 32.1. The number of fused-ring (bicyclic) bond motifs is 1. The lowest BCUT2D eigenvalue weighted by Crippen LogP contribution is -2.55. The van der Waals surface area contributed by atoms with E-state index in [-0.39, 0.29) is 10.8 Å². The summed E-state index contributed by atoms with van der Waals surface area (Å²) in [4.78, 5) is 4.33. The Bertz CT molecular complexity index is 1290. The molecule has 31 heavy (non-hydrogen) atoms. The van der Waals surface area contributed by atoms with E-state index in [1.54, 1.807) is 17.5 Å². The Kier molecular flexibility index (Phi) is 4.56. The summed E-state index contributed by atoms with van der Waals surface area (Å²) in [5, 5.41) is 19.0. The molecule has 4 aromatic rings. The van der Waals surface area contributed by atoms with Gasteiger partial charge in [-0.1, -0.05) is 66.7 Å². The van der Waals surface area contributed by atoms with E-state index in [9.17, 15) is 18.3 Å². The molecule has 0 fully saturated rings. The highest BCUT2D eigenvalue weighted by Crippen LogP contribution is 2.45. The average Bonchev–Trinajstić information content (AvgIpc) is 3.39. The normalized spacial score (nSPS) is 19.1. The van der Waals surface area contributed by atoms with E-state index in [1.165, 1.54) is 0 Å². The maximum Gasteiger partial charge on any atom is 0.438 e. The van der Waals surface area contributed by atoms with Crippen molar-refractivity contribution in [3.05, 3.63) is 83.7 Å². The molecule has 0 unspecified atom stereocenters. The van der Waals surface area contributed by atoms with Gasteiger partial charge in [0.1, 0.15) is 0 Å². The maximum absolute atomic E-state index is 14.0. The molecule has 1 aliphatic heterocycles. The van der Waals surface area contributed by atoms with Crippen molar-refractivity contribution in [3.63, 3.8) is 0 Å². The van der Waals surface area contributed by atoms with Gasteiger partial charge in [-0.25, -0.2) is 4.98 Å². The highest BCUT2D eigenvalue weighted by molar-refractivity contribution is 7.14. The maximum atomic E-state index is 14.0. The largest absolute Gasteiger partial charge is 0.438 e. The van der Waals surface area contributed by atoms with Gasteiger partial charge in [0.25, 0.3) is 5.72 Å². The van der Waals surface area contributed by atoms with Gasteiger partial charge in [0, 0.05) is 10.9 Å². The molecule has 1 N–H and O–H groups in total. The molecule has 1 aliphatic rings. The van der Waals surface area contributed by atoms with Gasteiger partial charge < -0.3 is 5.11 Å². The van der Waals surface area contributed by atoms with Crippen molar-refractivity contribution in [1.82, 2.24) is 4.98 Å². The van der Waals surface area contributed by atoms with Gasteiger partial charge >= 0.3 is 6.18 Å². The van der Waals surface area contributed by atoms with Crippen LogP contribution in [-0.2, 0) is 0 Å². The zero-order valence-electron chi connectivity index (χ0n) is 16.0. The molecule has 0 radical (unpaired) electrons. The van der Waals surface area contributed by atoms with E-state index in [4.69, 9.17) is 0 Å². The number of nitrogens with zero attached hydrogens (tertiary/aromatic N) is 3. The third-order valence-corrected chi connectivity index (χ3v) is 6.08. The van der Waals surface area contributed by atoms with Crippen LogP contribution in [0.4, 0.5) is 18.3 Å². The van der Waals surface area contributed by atoms with E-state index in [2.05, 4.69) is 10.1 Å². The van der Waals surface area contributed by atoms with Crippen LogP contribution in [0.2, 0.25) is 0 Å². The van der Waals surface area contributed by atoms with Gasteiger partial charge in [0.15, 0.2) is 0 Å².